The highest BCUT2D eigenvalue weighted by Gasteiger charge is 2.15. The highest BCUT2D eigenvalue weighted by Crippen LogP contribution is 2.27. The van der Waals surface area contributed by atoms with E-state index in [9.17, 15) is 4.39 Å². The van der Waals surface area contributed by atoms with E-state index in [1.807, 2.05) is 38.1 Å². The summed E-state index contributed by atoms with van der Waals surface area (Å²) in [7, 11) is 3.45. The molecule has 1 unspecified atom stereocenters. The third-order valence-corrected chi connectivity index (χ3v) is 5.23. The minimum Gasteiger partial charge on any atom is -0.489 e. The fraction of sp³-hybridized carbons (Fsp3) is 0.571. The van der Waals surface area contributed by atoms with E-state index >= 15 is 0 Å². The first-order valence-corrected chi connectivity index (χ1v) is 11.7. The molecule has 0 N–H and O–H groups in total. The SMILES string of the molecule is C.CC.CCCCCc1ccc(OCc2ccccc2C(CCCOC)COC)cc1F. The van der Waals surface area contributed by atoms with E-state index < -0.39 is 0 Å². The first-order valence-electron chi connectivity index (χ1n) is 11.7. The molecule has 0 aliphatic rings. The maximum Gasteiger partial charge on any atom is 0.130 e. The molecule has 0 aliphatic carbocycles. The van der Waals surface area contributed by atoms with E-state index in [0.717, 1.165) is 56.3 Å². The number of methoxy groups -OCH3 is 2. The summed E-state index contributed by atoms with van der Waals surface area (Å²) in [5, 5.41) is 0. The summed E-state index contributed by atoms with van der Waals surface area (Å²) in [5.74, 6) is 0.676. The Morgan fingerprint density at radius 1 is 0.906 bits per heavy atom. The lowest BCUT2D eigenvalue weighted by atomic mass is 9.91. The molecule has 2 rings (SSSR count). The van der Waals surface area contributed by atoms with Gasteiger partial charge in [0, 0.05) is 32.8 Å². The summed E-state index contributed by atoms with van der Waals surface area (Å²) < 4.78 is 31.0. The van der Waals surface area contributed by atoms with Crippen LogP contribution in [0.15, 0.2) is 42.5 Å². The largest absolute Gasteiger partial charge is 0.489 e. The number of aryl methyl sites for hydroxylation is 1. The number of hydrogen-bond acceptors (Lipinski definition) is 3. The summed E-state index contributed by atoms with van der Waals surface area (Å²) in [5.41, 5.74) is 3.10. The van der Waals surface area contributed by atoms with Crippen molar-refractivity contribution in [2.75, 3.05) is 27.4 Å². The monoisotopic (exact) mass is 448 g/mol. The van der Waals surface area contributed by atoms with Crippen LogP contribution in [0.4, 0.5) is 4.39 Å². The van der Waals surface area contributed by atoms with Crippen LogP contribution in [0.2, 0.25) is 0 Å². The van der Waals surface area contributed by atoms with Crippen LogP contribution in [-0.2, 0) is 22.5 Å². The molecule has 0 bridgehead atoms. The van der Waals surface area contributed by atoms with Gasteiger partial charge in [0.2, 0.25) is 0 Å². The fourth-order valence-electron chi connectivity index (χ4n) is 3.61. The van der Waals surface area contributed by atoms with E-state index in [-0.39, 0.29) is 19.2 Å². The van der Waals surface area contributed by atoms with Crippen molar-refractivity contribution in [2.45, 2.75) is 79.2 Å². The number of benzene rings is 2. The van der Waals surface area contributed by atoms with Crippen molar-refractivity contribution >= 4 is 0 Å². The maximum absolute atomic E-state index is 14.4. The molecule has 0 radical (unpaired) electrons. The second kappa shape index (κ2) is 18.6. The molecular formula is C28H45FO3. The van der Waals surface area contributed by atoms with Crippen molar-refractivity contribution < 1.29 is 18.6 Å². The smallest absolute Gasteiger partial charge is 0.130 e. The van der Waals surface area contributed by atoms with E-state index in [1.54, 1.807) is 14.2 Å². The van der Waals surface area contributed by atoms with E-state index in [2.05, 4.69) is 19.1 Å². The average Bonchev–Trinajstić information content (AvgIpc) is 2.80. The normalized spacial score (nSPS) is 11.2. The van der Waals surface area contributed by atoms with E-state index in [4.69, 9.17) is 14.2 Å². The quantitative estimate of drug-likeness (QED) is 0.274. The molecule has 0 heterocycles. The van der Waals surface area contributed by atoms with Gasteiger partial charge in [-0.3, -0.25) is 0 Å². The molecule has 0 amide bonds. The van der Waals surface area contributed by atoms with Crippen molar-refractivity contribution in [1.29, 1.82) is 0 Å². The Morgan fingerprint density at radius 2 is 1.66 bits per heavy atom. The number of rotatable bonds is 14. The molecule has 2 aromatic carbocycles. The first kappa shape index (κ1) is 30.1. The number of halogens is 1. The topological polar surface area (TPSA) is 27.7 Å². The lowest BCUT2D eigenvalue weighted by Crippen LogP contribution is -2.11. The van der Waals surface area contributed by atoms with Gasteiger partial charge >= 0.3 is 0 Å². The van der Waals surface area contributed by atoms with Crippen molar-refractivity contribution in [3.63, 3.8) is 0 Å². The summed E-state index contributed by atoms with van der Waals surface area (Å²) in [6.45, 7) is 7.96. The van der Waals surface area contributed by atoms with Crippen LogP contribution >= 0.6 is 0 Å². The highest BCUT2D eigenvalue weighted by molar-refractivity contribution is 5.32. The molecule has 0 saturated heterocycles. The standard InChI is InChI=1S/C25H35FO3.C2H6.CH4/c1-4-5-6-10-20-14-15-23(17-25(20)26)29-19-22-11-7-8-13-24(22)21(18-28-3)12-9-16-27-2;1-2;/h7-8,11,13-15,17,21H,4-6,9-10,12,16,18-19H2,1-3H3;1-2H3;1H4. The zero-order chi connectivity index (χ0) is 22.9. The lowest BCUT2D eigenvalue weighted by Gasteiger charge is -2.20. The fourth-order valence-corrected chi connectivity index (χ4v) is 3.61. The summed E-state index contributed by atoms with van der Waals surface area (Å²) in [6, 6.07) is 13.5. The Kier molecular flexibility index (Phi) is 17.5. The Balaban J connectivity index is 0.00000311. The predicted molar refractivity (Wildman–Crippen MR) is 134 cm³/mol. The van der Waals surface area contributed by atoms with E-state index in [0.29, 0.717) is 19.0 Å². The van der Waals surface area contributed by atoms with Crippen molar-refractivity contribution in [3.05, 3.63) is 65.0 Å². The average molecular weight is 449 g/mol. The highest BCUT2D eigenvalue weighted by atomic mass is 19.1. The second-order valence-corrected chi connectivity index (χ2v) is 7.49. The zero-order valence-corrected chi connectivity index (χ0v) is 20.1. The third-order valence-electron chi connectivity index (χ3n) is 5.23. The van der Waals surface area contributed by atoms with E-state index in [1.165, 1.54) is 11.6 Å². The first-order chi connectivity index (χ1) is 15.2. The van der Waals surface area contributed by atoms with Crippen LogP contribution in [-0.4, -0.2) is 27.4 Å². The van der Waals surface area contributed by atoms with Crippen LogP contribution in [0.3, 0.4) is 0 Å². The van der Waals surface area contributed by atoms with Gasteiger partial charge in [-0.25, -0.2) is 4.39 Å². The van der Waals surface area contributed by atoms with Gasteiger partial charge in [0.1, 0.15) is 18.2 Å². The van der Waals surface area contributed by atoms with Gasteiger partial charge in [-0.05, 0) is 48.4 Å². The minimum absolute atomic E-state index is 0. The number of unbranched alkanes of at least 4 members (excludes halogenated alkanes) is 2. The molecule has 0 fully saturated rings. The minimum atomic E-state index is -0.177. The number of ether oxygens (including phenoxy) is 3. The predicted octanol–water partition coefficient (Wildman–Crippen LogP) is 7.96. The molecule has 182 valence electrons. The van der Waals surface area contributed by atoms with Crippen LogP contribution in [0.5, 0.6) is 5.75 Å². The van der Waals surface area contributed by atoms with Crippen molar-refractivity contribution in [1.82, 2.24) is 0 Å². The Bertz CT molecular complexity index is 718. The lowest BCUT2D eigenvalue weighted by molar-refractivity contribution is 0.158. The molecule has 32 heavy (non-hydrogen) atoms. The molecule has 1 atom stereocenters. The van der Waals surface area contributed by atoms with Gasteiger partial charge in [-0.15, -0.1) is 0 Å². The molecule has 0 aliphatic heterocycles. The molecular weight excluding hydrogens is 403 g/mol. The van der Waals surface area contributed by atoms with Gasteiger partial charge in [0.05, 0.1) is 6.61 Å². The Hall–Kier alpha value is -1.91. The van der Waals surface area contributed by atoms with Crippen molar-refractivity contribution in [2.24, 2.45) is 0 Å². The molecule has 0 aromatic heterocycles. The van der Waals surface area contributed by atoms with Crippen LogP contribution in [0, 0.1) is 5.82 Å². The van der Waals surface area contributed by atoms with Gasteiger partial charge < -0.3 is 14.2 Å². The molecule has 3 nitrogen and oxygen atoms in total. The van der Waals surface area contributed by atoms with Crippen LogP contribution in [0.25, 0.3) is 0 Å². The zero-order valence-electron chi connectivity index (χ0n) is 20.1. The Morgan fingerprint density at radius 3 is 2.31 bits per heavy atom. The third kappa shape index (κ3) is 10.6. The second-order valence-electron chi connectivity index (χ2n) is 7.49. The molecule has 0 spiro atoms. The van der Waals surface area contributed by atoms with Gasteiger partial charge in [0.15, 0.2) is 0 Å². The Labute approximate surface area is 196 Å². The molecule has 2 aromatic rings. The maximum atomic E-state index is 14.4. The number of hydrogen-bond donors (Lipinski definition) is 0. The van der Waals surface area contributed by atoms with Gasteiger partial charge in [0.25, 0.3) is 0 Å². The van der Waals surface area contributed by atoms with Gasteiger partial charge in [-0.1, -0.05) is 71.4 Å². The van der Waals surface area contributed by atoms with Crippen LogP contribution < -0.4 is 4.74 Å². The summed E-state index contributed by atoms with van der Waals surface area (Å²) in [4.78, 5) is 0. The van der Waals surface area contributed by atoms with Crippen LogP contribution in [0.1, 0.15) is 82.9 Å². The summed E-state index contributed by atoms with van der Waals surface area (Å²) >= 11 is 0. The molecule has 4 heteroatoms. The van der Waals surface area contributed by atoms with Gasteiger partial charge in [-0.2, -0.15) is 0 Å². The van der Waals surface area contributed by atoms with Crippen molar-refractivity contribution in [3.8, 4) is 5.75 Å². The summed E-state index contributed by atoms with van der Waals surface area (Å²) in [6.07, 6.45) is 6.03. The molecule has 0 saturated carbocycles.